The normalized spacial score (nSPS) is 11.0. The lowest BCUT2D eigenvalue weighted by Gasteiger charge is -2.10. The van der Waals surface area contributed by atoms with Crippen molar-refractivity contribution in [2.75, 3.05) is 0 Å². The second-order valence-electron chi connectivity index (χ2n) is 4.29. The first kappa shape index (κ1) is 16.5. The standard InChI is InChI=1S/C16H24O2/c1-5-7-8-9-10-11-12-13-14(3)16(17)18-15(4)6-2/h6,15H,2-3,8-13H2,1,4H3/t15-/m0/s1. The van der Waals surface area contributed by atoms with Gasteiger partial charge in [-0.3, -0.25) is 0 Å². The van der Waals surface area contributed by atoms with Crippen LogP contribution in [0, 0.1) is 11.8 Å². The molecule has 0 amide bonds. The van der Waals surface area contributed by atoms with E-state index in [2.05, 4.69) is 25.0 Å². The van der Waals surface area contributed by atoms with E-state index in [4.69, 9.17) is 4.74 Å². The van der Waals surface area contributed by atoms with E-state index in [0.29, 0.717) is 12.0 Å². The summed E-state index contributed by atoms with van der Waals surface area (Å²) in [5, 5.41) is 0. The van der Waals surface area contributed by atoms with E-state index in [1.165, 1.54) is 0 Å². The monoisotopic (exact) mass is 248 g/mol. The summed E-state index contributed by atoms with van der Waals surface area (Å²) in [5.74, 6) is 5.62. The minimum Gasteiger partial charge on any atom is -0.455 e. The van der Waals surface area contributed by atoms with Gasteiger partial charge >= 0.3 is 5.97 Å². The van der Waals surface area contributed by atoms with Crippen LogP contribution in [0.2, 0.25) is 0 Å². The third-order valence-corrected chi connectivity index (χ3v) is 2.62. The number of unbranched alkanes of at least 4 members (excludes halogenated alkanes) is 4. The predicted octanol–water partition coefficient (Wildman–Crippen LogP) is 4.02. The Balaban J connectivity index is 3.60. The maximum absolute atomic E-state index is 11.5. The number of hydrogen-bond donors (Lipinski definition) is 0. The Labute approximate surface area is 111 Å². The molecule has 18 heavy (non-hydrogen) atoms. The first-order valence-corrected chi connectivity index (χ1v) is 6.52. The molecular formula is C16H24O2. The van der Waals surface area contributed by atoms with E-state index in [1.807, 2.05) is 6.92 Å². The highest BCUT2D eigenvalue weighted by molar-refractivity contribution is 5.87. The Kier molecular flexibility index (Phi) is 9.77. The molecule has 100 valence electrons. The lowest BCUT2D eigenvalue weighted by atomic mass is 10.1. The molecule has 2 nitrogen and oxygen atoms in total. The van der Waals surface area contributed by atoms with Crippen molar-refractivity contribution in [1.29, 1.82) is 0 Å². The van der Waals surface area contributed by atoms with Gasteiger partial charge in [-0.05, 0) is 33.1 Å². The Morgan fingerprint density at radius 2 is 2.00 bits per heavy atom. The molecule has 0 N–H and O–H groups in total. The van der Waals surface area contributed by atoms with Crippen molar-refractivity contribution in [3.8, 4) is 11.8 Å². The largest absolute Gasteiger partial charge is 0.455 e. The van der Waals surface area contributed by atoms with E-state index in [9.17, 15) is 4.79 Å². The number of carbonyl (C=O) groups is 1. The zero-order chi connectivity index (χ0) is 13.8. The average Bonchev–Trinajstić information content (AvgIpc) is 2.37. The van der Waals surface area contributed by atoms with Crippen LogP contribution < -0.4 is 0 Å². The van der Waals surface area contributed by atoms with Crippen molar-refractivity contribution in [1.82, 2.24) is 0 Å². The molecule has 0 rings (SSSR count). The third kappa shape index (κ3) is 8.64. The number of carbonyl (C=O) groups excluding carboxylic acids is 1. The van der Waals surface area contributed by atoms with Crippen molar-refractivity contribution in [3.05, 3.63) is 24.8 Å². The van der Waals surface area contributed by atoms with E-state index in [1.54, 1.807) is 13.0 Å². The highest BCUT2D eigenvalue weighted by Gasteiger charge is 2.10. The van der Waals surface area contributed by atoms with Gasteiger partial charge in [0.1, 0.15) is 6.10 Å². The Morgan fingerprint density at radius 1 is 1.33 bits per heavy atom. The summed E-state index contributed by atoms with van der Waals surface area (Å²) in [6, 6.07) is 0. The van der Waals surface area contributed by atoms with Gasteiger partial charge in [0.2, 0.25) is 0 Å². The van der Waals surface area contributed by atoms with Crippen LogP contribution in [0.3, 0.4) is 0 Å². The second-order valence-corrected chi connectivity index (χ2v) is 4.29. The molecule has 0 heterocycles. The fraction of sp³-hybridized carbons (Fsp3) is 0.562. The van der Waals surface area contributed by atoms with Gasteiger partial charge in [-0.15, -0.1) is 11.8 Å². The topological polar surface area (TPSA) is 26.3 Å². The molecule has 0 aliphatic carbocycles. The van der Waals surface area contributed by atoms with Gasteiger partial charge < -0.3 is 4.74 Å². The van der Waals surface area contributed by atoms with Crippen LogP contribution in [0.25, 0.3) is 0 Å². The molecule has 0 aromatic heterocycles. The summed E-state index contributed by atoms with van der Waals surface area (Å²) >= 11 is 0. The van der Waals surface area contributed by atoms with Gasteiger partial charge in [0.15, 0.2) is 0 Å². The number of hydrogen-bond acceptors (Lipinski definition) is 2. The molecule has 2 heteroatoms. The first-order valence-electron chi connectivity index (χ1n) is 6.52. The van der Waals surface area contributed by atoms with Crippen LogP contribution in [0.15, 0.2) is 24.8 Å². The Morgan fingerprint density at radius 3 is 2.61 bits per heavy atom. The van der Waals surface area contributed by atoms with Crippen molar-refractivity contribution < 1.29 is 9.53 Å². The summed E-state index contributed by atoms with van der Waals surface area (Å²) < 4.78 is 5.10. The molecule has 0 aromatic rings. The predicted molar refractivity (Wildman–Crippen MR) is 76.0 cm³/mol. The summed E-state index contributed by atoms with van der Waals surface area (Å²) in [4.78, 5) is 11.5. The summed E-state index contributed by atoms with van der Waals surface area (Å²) in [5.41, 5.74) is 0.553. The molecule has 0 aromatic carbocycles. The SMILES string of the molecule is C=C[C@H](C)OC(=O)C(=C)CCCCCCC#CC. The molecule has 1 atom stereocenters. The molecule has 0 aliphatic heterocycles. The van der Waals surface area contributed by atoms with Gasteiger partial charge in [-0.2, -0.15) is 0 Å². The van der Waals surface area contributed by atoms with Gasteiger partial charge in [-0.25, -0.2) is 4.79 Å². The van der Waals surface area contributed by atoms with E-state index in [-0.39, 0.29) is 12.1 Å². The quantitative estimate of drug-likeness (QED) is 0.202. The summed E-state index contributed by atoms with van der Waals surface area (Å²) in [6.07, 6.45) is 7.40. The molecule has 0 fully saturated rings. The van der Waals surface area contributed by atoms with Crippen LogP contribution in [0.1, 0.15) is 52.4 Å². The van der Waals surface area contributed by atoms with E-state index in [0.717, 1.165) is 32.1 Å². The zero-order valence-electron chi connectivity index (χ0n) is 11.6. The maximum atomic E-state index is 11.5. The molecule has 0 spiro atoms. The Hall–Kier alpha value is -1.49. The van der Waals surface area contributed by atoms with Crippen LogP contribution in [0.4, 0.5) is 0 Å². The fourth-order valence-corrected chi connectivity index (χ4v) is 1.43. The van der Waals surface area contributed by atoms with Crippen molar-refractivity contribution in [2.45, 2.75) is 58.5 Å². The van der Waals surface area contributed by atoms with Gasteiger partial charge in [0.25, 0.3) is 0 Å². The van der Waals surface area contributed by atoms with E-state index >= 15 is 0 Å². The molecule has 0 saturated carbocycles. The third-order valence-electron chi connectivity index (χ3n) is 2.62. The molecule has 0 unspecified atom stereocenters. The van der Waals surface area contributed by atoms with Gasteiger partial charge in [0.05, 0.1) is 0 Å². The van der Waals surface area contributed by atoms with Crippen LogP contribution >= 0.6 is 0 Å². The molecule has 0 bridgehead atoms. The minimum atomic E-state index is -0.306. The molecule has 0 radical (unpaired) electrons. The van der Waals surface area contributed by atoms with Crippen molar-refractivity contribution in [3.63, 3.8) is 0 Å². The van der Waals surface area contributed by atoms with Crippen LogP contribution in [-0.4, -0.2) is 12.1 Å². The summed E-state index contributed by atoms with van der Waals surface area (Å²) in [7, 11) is 0. The minimum absolute atomic E-state index is 0.248. The fourth-order valence-electron chi connectivity index (χ4n) is 1.43. The number of esters is 1. The number of rotatable bonds is 9. The lowest BCUT2D eigenvalue weighted by molar-refractivity contribution is -0.141. The lowest BCUT2D eigenvalue weighted by Crippen LogP contribution is -2.13. The molecular weight excluding hydrogens is 224 g/mol. The zero-order valence-corrected chi connectivity index (χ0v) is 11.6. The average molecular weight is 248 g/mol. The first-order chi connectivity index (χ1) is 8.61. The summed E-state index contributed by atoms with van der Waals surface area (Å²) in [6.45, 7) is 11.0. The van der Waals surface area contributed by atoms with E-state index < -0.39 is 0 Å². The van der Waals surface area contributed by atoms with Gasteiger partial charge in [0, 0.05) is 12.0 Å². The number of ether oxygens (including phenoxy) is 1. The van der Waals surface area contributed by atoms with Crippen molar-refractivity contribution in [2.24, 2.45) is 0 Å². The highest BCUT2D eigenvalue weighted by Crippen LogP contribution is 2.11. The van der Waals surface area contributed by atoms with Gasteiger partial charge in [-0.1, -0.05) is 32.1 Å². The maximum Gasteiger partial charge on any atom is 0.333 e. The smallest absolute Gasteiger partial charge is 0.333 e. The molecule has 0 aliphatic rings. The Bertz CT molecular complexity index is 331. The molecule has 0 saturated heterocycles. The highest BCUT2D eigenvalue weighted by atomic mass is 16.5. The van der Waals surface area contributed by atoms with Crippen molar-refractivity contribution >= 4 is 5.97 Å². The van der Waals surface area contributed by atoms with Crippen LogP contribution in [-0.2, 0) is 9.53 Å². The van der Waals surface area contributed by atoms with Crippen LogP contribution in [0.5, 0.6) is 0 Å². The second kappa shape index (κ2) is 10.7.